The average Bonchev–Trinajstić information content (AvgIpc) is 2.39. The minimum atomic E-state index is -0.711. The predicted octanol–water partition coefficient (Wildman–Crippen LogP) is 3.29. The Kier molecular flexibility index (Phi) is 3.60. The van der Waals surface area contributed by atoms with Gasteiger partial charge >= 0.3 is 5.97 Å². The summed E-state index contributed by atoms with van der Waals surface area (Å²) < 4.78 is 5.31. The third kappa shape index (κ3) is 1.98. The van der Waals surface area contributed by atoms with E-state index in [1.54, 1.807) is 7.11 Å². The molecule has 0 aliphatic heterocycles. The minimum absolute atomic E-state index is 0.696. The molecule has 1 fully saturated rings. The number of carboxylic acid groups (broad SMARTS) is 1. The molecule has 1 aliphatic rings. The molecule has 98 valence electrons. The zero-order valence-electron chi connectivity index (χ0n) is 11.0. The number of carboxylic acids is 1. The van der Waals surface area contributed by atoms with E-state index in [1.807, 2.05) is 25.1 Å². The van der Waals surface area contributed by atoms with Gasteiger partial charge in [-0.3, -0.25) is 4.79 Å². The summed E-state index contributed by atoms with van der Waals surface area (Å²) in [6.45, 7) is 1.95. The molecule has 0 aromatic heterocycles. The van der Waals surface area contributed by atoms with Crippen LogP contribution in [0.2, 0.25) is 0 Å². The van der Waals surface area contributed by atoms with Gasteiger partial charge in [-0.05, 0) is 37.0 Å². The van der Waals surface area contributed by atoms with E-state index in [1.165, 1.54) is 0 Å². The summed E-state index contributed by atoms with van der Waals surface area (Å²) in [5, 5.41) is 9.69. The molecule has 0 radical (unpaired) electrons. The third-order valence-electron chi connectivity index (χ3n) is 4.14. The second kappa shape index (κ2) is 5.01. The van der Waals surface area contributed by atoms with Crippen LogP contribution in [0, 0.1) is 6.92 Å². The number of methoxy groups -OCH3 is 1. The SMILES string of the molecule is COc1cccc(C2(C(=O)O)CCCCC2)c1C. The van der Waals surface area contributed by atoms with Gasteiger partial charge in [0.2, 0.25) is 0 Å². The molecule has 3 nitrogen and oxygen atoms in total. The zero-order chi connectivity index (χ0) is 13.2. The second-order valence-electron chi connectivity index (χ2n) is 5.08. The van der Waals surface area contributed by atoms with Crippen LogP contribution in [0.15, 0.2) is 18.2 Å². The second-order valence-corrected chi connectivity index (χ2v) is 5.08. The van der Waals surface area contributed by atoms with Crippen LogP contribution in [0.5, 0.6) is 5.75 Å². The van der Waals surface area contributed by atoms with Crippen molar-refractivity contribution in [3.63, 3.8) is 0 Å². The number of aliphatic carboxylic acids is 1. The monoisotopic (exact) mass is 248 g/mol. The van der Waals surface area contributed by atoms with Crippen LogP contribution >= 0.6 is 0 Å². The first-order valence-corrected chi connectivity index (χ1v) is 6.49. The summed E-state index contributed by atoms with van der Waals surface area (Å²) in [4.78, 5) is 11.8. The van der Waals surface area contributed by atoms with Gasteiger partial charge in [0.25, 0.3) is 0 Å². The summed E-state index contributed by atoms with van der Waals surface area (Å²) in [7, 11) is 1.63. The first-order valence-electron chi connectivity index (χ1n) is 6.49. The molecule has 0 atom stereocenters. The Morgan fingerprint density at radius 1 is 1.28 bits per heavy atom. The molecule has 1 aromatic rings. The summed E-state index contributed by atoms with van der Waals surface area (Å²) in [5.74, 6) is 0.0808. The normalized spacial score (nSPS) is 18.3. The molecule has 0 bridgehead atoms. The Morgan fingerprint density at radius 2 is 1.94 bits per heavy atom. The summed E-state index contributed by atoms with van der Waals surface area (Å²) in [6.07, 6.45) is 4.58. The molecule has 0 saturated heterocycles. The van der Waals surface area contributed by atoms with Gasteiger partial charge in [-0.25, -0.2) is 0 Å². The number of hydrogen-bond donors (Lipinski definition) is 1. The molecule has 0 unspecified atom stereocenters. The standard InChI is InChI=1S/C15H20O3/c1-11-12(7-6-8-13(11)18-2)15(14(16)17)9-4-3-5-10-15/h6-8H,3-5,9-10H2,1-2H3,(H,16,17). The molecule has 1 aromatic carbocycles. The van der Waals surface area contributed by atoms with Crippen molar-refractivity contribution >= 4 is 5.97 Å². The number of rotatable bonds is 3. The van der Waals surface area contributed by atoms with Crippen LogP contribution in [0.25, 0.3) is 0 Å². The predicted molar refractivity (Wildman–Crippen MR) is 70.1 cm³/mol. The lowest BCUT2D eigenvalue weighted by Gasteiger charge is -2.35. The van der Waals surface area contributed by atoms with E-state index < -0.39 is 11.4 Å². The van der Waals surface area contributed by atoms with Gasteiger partial charge in [-0.2, -0.15) is 0 Å². The van der Waals surface area contributed by atoms with E-state index in [9.17, 15) is 9.90 Å². The Labute approximate surface area is 108 Å². The van der Waals surface area contributed by atoms with Crippen molar-refractivity contribution in [1.29, 1.82) is 0 Å². The van der Waals surface area contributed by atoms with E-state index in [0.717, 1.165) is 49.0 Å². The summed E-state index contributed by atoms with van der Waals surface area (Å²) in [5.41, 5.74) is 1.18. The van der Waals surface area contributed by atoms with Crippen LogP contribution < -0.4 is 4.74 Å². The lowest BCUT2D eigenvalue weighted by atomic mass is 9.68. The Hall–Kier alpha value is -1.51. The third-order valence-corrected chi connectivity index (χ3v) is 4.14. The van der Waals surface area contributed by atoms with Crippen molar-refractivity contribution < 1.29 is 14.6 Å². The highest BCUT2D eigenvalue weighted by atomic mass is 16.5. The lowest BCUT2D eigenvalue weighted by molar-refractivity contribution is -0.145. The van der Waals surface area contributed by atoms with Crippen molar-refractivity contribution in [2.24, 2.45) is 0 Å². The fraction of sp³-hybridized carbons (Fsp3) is 0.533. The fourth-order valence-electron chi connectivity index (χ4n) is 3.11. The largest absolute Gasteiger partial charge is 0.496 e. The van der Waals surface area contributed by atoms with E-state index >= 15 is 0 Å². The fourth-order valence-corrected chi connectivity index (χ4v) is 3.11. The van der Waals surface area contributed by atoms with Crippen molar-refractivity contribution in [3.05, 3.63) is 29.3 Å². The first kappa shape index (κ1) is 12.9. The van der Waals surface area contributed by atoms with Crippen molar-refractivity contribution in [3.8, 4) is 5.75 Å². The topological polar surface area (TPSA) is 46.5 Å². The van der Waals surface area contributed by atoms with Crippen molar-refractivity contribution in [1.82, 2.24) is 0 Å². The highest BCUT2D eigenvalue weighted by Gasteiger charge is 2.42. The van der Waals surface area contributed by atoms with E-state index in [2.05, 4.69) is 0 Å². The van der Waals surface area contributed by atoms with Gasteiger partial charge in [0.15, 0.2) is 0 Å². The summed E-state index contributed by atoms with van der Waals surface area (Å²) >= 11 is 0. The number of hydrogen-bond acceptors (Lipinski definition) is 2. The van der Waals surface area contributed by atoms with Crippen LogP contribution in [0.4, 0.5) is 0 Å². The minimum Gasteiger partial charge on any atom is -0.496 e. The molecular weight excluding hydrogens is 228 g/mol. The molecular formula is C15H20O3. The quantitative estimate of drug-likeness (QED) is 0.892. The first-order chi connectivity index (χ1) is 8.62. The van der Waals surface area contributed by atoms with Gasteiger partial charge in [0.1, 0.15) is 5.75 Å². The highest BCUT2D eigenvalue weighted by molar-refractivity contribution is 5.82. The molecule has 1 saturated carbocycles. The maximum Gasteiger partial charge on any atom is 0.314 e. The van der Waals surface area contributed by atoms with Gasteiger partial charge in [-0.1, -0.05) is 31.4 Å². The molecule has 18 heavy (non-hydrogen) atoms. The van der Waals surface area contributed by atoms with Crippen molar-refractivity contribution in [2.45, 2.75) is 44.4 Å². The molecule has 1 N–H and O–H groups in total. The van der Waals surface area contributed by atoms with Gasteiger partial charge in [0, 0.05) is 0 Å². The number of benzene rings is 1. The molecule has 1 aliphatic carbocycles. The Bertz CT molecular complexity index is 445. The van der Waals surface area contributed by atoms with Crippen LogP contribution in [-0.2, 0) is 10.2 Å². The van der Waals surface area contributed by atoms with Gasteiger partial charge in [-0.15, -0.1) is 0 Å². The maximum absolute atomic E-state index is 11.8. The Balaban J connectivity index is 2.52. The van der Waals surface area contributed by atoms with Crippen LogP contribution in [0.3, 0.4) is 0 Å². The van der Waals surface area contributed by atoms with Crippen LogP contribution in [0.1, 0.15) is 43.2 Å². The highest BCUT2D eigenvalue weighted by Crippen LogP contribution is 2.42. The molecule has 0 heterocycles. The molecule has 0 spiro atoms. The van der Waals surface area contributed by atoms with Crippen LogP contribution in [-0.4, -0.2) is 18.2 Å². The maximum atomic E-state index is 11.8. The molecule has 2 rings (SSSR count). The van der Waals surface area contributed by atoms with Crippen molar-refractivity contribution in [2.75, 3.05) is 7.11 Å². The van der Waals surface area contributed by atoms with E-state index in [0.29, 0.717) is 0 Å². The average molecular weight is 248 g/mol. The smallest absolute Gasteiger partial charge is 0.314 e. The molecule has 3 heteroatoms. The summed E-state index contributed by atoms with van der Waals surface area (Å²) in [6, 6.07) is 5.72. The number of ether oxygens (including phenoxy) is 1. The lowest BCUT2D eigenvalue weighted by Crippen LogP contribution is -2.38. The van der Waals surface area contributed by atoms with E-state index in [4.69, 9.17) is 4.74 Å². The number of carbonyl (C=O) groups is 1. The van der Waals surface area contributed by atoms with E-state index in [-0.39, 0.29) is 0 Å². The Morgan fingerprint density at radius 3 is 2.50 bits per heavy atom. The molecule has 0 amide bonds. The zero-order valence-corrected chi connectivity index (χ0v) is 11.0. The van der Waals surface area contributed by atoms with Gasteiger partial charge < -0.3 is 9.84 Å². The van der Waals surface area contributed by atoms with Gasteiger partial charge in [0.05, 0.1) is 12.5 Å².